The fourth-order valence-corrected chi connectivity index (χ4v) is 3.11. The van der Waals surface area contributed by atoms with Crippen LogP contribution in [0.5, 0.6) is 0 Å². The zero-order valence-corrected chi connectivity index (χ0v) is 14.1. The van der Waals surface area contributed by atoms with Crippen molar-refractivity contribution in [3.63, 3.8) is 0 Å². The average molecular weight is 311 g/mol. The van der Waals surface area contributed by atoms with Crippen LogP contribution in [0.1, 0.15) is 39.1 Å². The van der Waals surface area contributed by atoms with E-state index >= 15 is 0 Å². The highest BCUT2D eigenvalue weighted by Crippen LogP contribution is 2.19. The molecule has 0 aromatic carbocycles. The molecule has 1 fully saturated rings. The summed E-state index contributed by atoms with van der Waals surface area (Å²) in [4.78, 5) is 18.3. The van der Waals surface area contributed by atoms with E-state index in [0.29, 0.717) is 18.5 Å². The first-order chi connectivity index (χ1) is 9.83. The van der Waals surface area contributed by atoms with E-state index in [2.05, 4.69) is 17.2 Å². The molecule has 1 amide bonds. The van der Waals surface area contributed by atoms with Crippen molar-refractivity contribution < 1.29 is 9.53 Å². The Hall–Kier alpha value is -1.14. The molecule has 0 spiro atoms. The number of carbonyl (C=O) groups excluding carboxylic acids is 1. The van der Waals surface area contributed by atoms with Gasteiger partial charge in [0.2, 0.25) is 0 Å². The normalized spacial score (nSPS) is 23.1. The molecule has 2 heterocycles. The molecule has 118 valence electrons. The summed E-state index contributed by atoms with van der Waals surface area (Å²) in [5.41, 5.74) is -0.443. The van der Waals surface area contributed by atoms with Crippen molar-refractivity contribution in [2.75, 3.05) is 13.1 Å². The van der Waals surface area contributed by atoms with E-state index in [9.17, 15) is 4.79 Å². The monoisotopic (exact) mass is 311 g/mol. The third-order valence-electron chi connectivity index (χ3n) is 3.34. The van der Waals surface area contributed by atoms with Gasteiger partial charge in [-0.25, -0.2) is 9.78 Å². The number of rotatable bonds is 3. The maximum Gasteiger partial charge on any atom is 0.410 e. The number of likely N-dealkylation sites (tertiary alicyclic amines) is 1. The number of hydrogen-bond acceptors (Lipinski definition) is 5. The molecule has 1 saturated heterocycles. The number of amides is 1. The molecule has 1 N–H and O–H groups in total. The Labute approximate surface area is 130 Å². The lowest BCUT2D eigenvalue weighted by Gasteiger charge is -2.37. The minimum Gasteiger partial charge on any atom is -0.444 e. The Morgan fingerprint density at radius 3 is 2.90 bits per heavy atom. The molecule has 0 saturated carbocycles. The molecular formula is C15H25N3O2S. The lowest BCUT2D eigenvalue weighted by molar-refractivity contribution is 0.0137. The second-order valence-electron chi connectivity index (χ2n) is 6.73. The van der Waals surface area contributed by atoms with Gasteiger partial charge in [0, 0.05) is 37.3 Å². The first-order valence-corrected chi connectivity index (χ1v) is 8.31. The van der Waals surface area contributed by atoms with Gasteiger partial charge < -0.3 is 15.0 Å². The summed E-state index contributed by atoms with van der Waals surface area (Å²) in [6.45, 7) is 10.1. The van der Waals surface area contributed by atoms with Gasteiger partial charge in [-0.15, -0.1) is 11.3 Å². The summed E-state index contributed by atoms with van der Waals surface area (Å²) in [5, 5.41) is 6.56. The fraction of sp³-hybridized carbons (Fsp3) is 0.733. The molecule has 5 nitrogen and oxygen atoms in total. The molecule has 21 heavy (non-hydrogen) atoms. The predicted molar refractivity (Wildman–Crippen MR) is 84.3 cm³/mol. The number of hydrogen-bond donors (Lipinski definition) is 1. The lowest BCUT2D eigenvalue weighted by Crippen LogP contribution is -2.51. The molecule has 1 aromatic heterocycles. The minimum absolute atomic E-state index is 0.213. The van der Waals surface area contributed by atoms with Crippen LogP contribution in [0.4, 0.5) is 4.79 Å². The van der Waals surface area contributed by atoms with Gasteiger partial charge in [0.25, 0.3) is 0 Å². The summed E-state index contributed by atoms with van der Waals surface area (Å²) in [7, 11) is 0. The lowest BCUT2D eigenvalue weighted by atomic mass is 9.96. The Balaban J connectivity index is 1.88. The summed E-state index contributed by atoms with van der Waals surface area (Å²) in [6, 6.07) is 0.296. The van der Waals surface area contributed by atoms with Crippen LogP contribution in [0.3, 0.4) is 0 Å². The second kappa shape index (κ2) is 6.75. The molecule has 1 aliphatic heterocycles. The van der Waals surface area contributed by atoms with E-state index in [1.807, 2.05) is 37.2 Å². The Morgan fingerprint density at radius 2 is 2.29 bits per heavy atom. The van der Waals surface area contributed by atoms with E-state index in [-0.39, 0.29) is 6.09 Å². The predicted octanol–water partition coefficient (Wildman–Crippen LogP) is 2.88. The zero-order valence-electron chi connectivity index (χ0n) is 13.3. The number of thiazole rings is 1. The highest BCUT2D eigenvalue weighted by Gasteiger charge is 2.30. The topological polar surface area (TPSA) is 54.5 Å². The first-order valence-electron chi connectivity index (χ1n) is 7.43. The van der Waals surface area contributed by atoms with E-state index in [1.54, 1.807) is 11.3 Å². The van der Waals surface area contributed by atoms with Crippen LogP contribution in [0, 0.1) is 5.92 Å². The molecule has 2 atom stereocenters. The zero-order chi connectivity index (χ0) is 15.5. The van der Waals surface area contributed by atoms with Crippen LogP contribution in [0.15, 0.2) is 11.6 Å². The minimum atomic E-state index is -0.443. The maximum atomic E-state index is 12.2. The van der Waals surface area contributed by atoms with Crippen molar-refractivity contribution in [2.24, 2.45) is 5.92 Å². The molecule has 1 aliphatic rings. The van der Waals surface area contributed by atoms with Crippen LogP contribution in [0.2, 0.25) is 0 Å². The third kappa shape index (κ3) is 5.28. The summed E-state index contributed by atoms with van der Waals surface area (Å²) in [5.74, 6) is 0.472. The van der Waals surface area contributed by atoms with E-state index in [4.69, 9.17) is 4.74 Å². The fourth-order valence-electron chi connectivity index (χ4n) is 2.55. The number of aromatic nitrogens is 1. The molecule has 6 heteroatoms. The van der Waals surface area contributed by atoms with Gasteiger partial charge in [-0.05, 0) is 33.1 Å². The standard InChI is InChI=1S/C15H25N3O2S/c1-11-7-12(17-8-13-16-5-6-21-13)10-18(9-11)14(19)20-15(2,3)4/h5-6,11-12,17H,7-10H2,1-4H3. The van der Waals surface area contributed by atoms with E-state index in [0.717, 1.165) is 24.5 Å². The van der Waals surface area contributed by atoms with E-state index in [1.165, 1.54) is 0 Å². The van der Waals surface area contributed by atoms with Crippen LogP contribution in [-0.4, -0.2) is 40.7 Å². The van der Waals surface area contributed by atoms with Crippen molar-refractivity contribution in [1.82, 2.24) is 15.2 Å². The molecular weight excluding hydrogens is 286 g/mol. The number of nitrogens with zero attached hydrogens (tertiary/aromatic N) is 2. The number of ether oxygens (including phenoxy) is 1. The van der Waals surface area contributed by atoms with Crippen molar-refractivity contribution >= 4 is 17.4 Å². The van der Waals surface area contributed by atoms with Gasteiger partial charge in [0.05, 0.1) is 0 Å². The van der Waals surface area contributed by atoms with Crippen LogP contribution in [-0.2, 0) is 11.3 Å². The Morgan fingerprint density at radius 1 is 1.52 bits per heavy atom. The Kier molecular flexibility index (Phi) is 5.22. The van der Waals surface area contributed by atoms with Gasteiger partial charge in [0.15, 0.2) is 0 Å². The van der Waals surface area contributed by atoms with Gasteiger partial charge in [-0.1, -0.05) is 6.92 Å². The SMILES string of the molecule is CC1CC(NCc2nccs2)CN(C(=O)OC(C)(C)C)C1. The molecule has 0 aliphatic carbocycles. The number of piperidine rings is 1. The third-order valence-corrected chi connectivity index (χ3v) is 4.12. The second-order valence-corrected chi connectivity index (χ2v) is 7.71. The highest BCUT2D eigenvalue weighted by molar-refractivity contribution is 7.09. The quantitative estimate of drug-likeness (QED) is 0.932. The molecule has 2 rings (SSSR count). The van der Waals surface area contributed by atoms with Crippen LogP contribution in [0.25, 0.3) is 0 Å². The largest absolute Gasteiger partial charge is 0.444 e. The average Bonchev–Trinajstić information content (AvgIpc) is 2.86. The first kappa shape index (κ1) is 16.2. The van der Waals surface area contributed by atoms with Gasteiger partial charge in [-0.3, -0.25) is 0 Å². The van der Waals surface area contributed by atoms with Crippen molar-refractivity contribution in [2.45, 2.75) is 52.3 Å². The van der Waals surface area contributed by atoms with E-state index < -0.39 is 5.60 Å². The molecule has 0 bridgehead atoms. The Bertz CT molecular complexity index is 456. The highest BCUT2D eigenvalue weighted by atomic mass is 32.1. The molecule has 1 aromatic rings. The molecule has 0 radical (unpaired) electrons. The van der Waals surface area contributed by atoms with Crippen LogP contribution >= 0.6 is 11.3 Å². The van der Waals surface area contributed by atoms with Crippen molar-refractivity contribution in [3.05, 3.63) is 16.6 Å². The summed E-state index contributed by atoms with van der Waals surface area (Å²) < 4.78 is 5.47. The van der Waals surface area contributed by atoms with Gasteiger partial charge >= 0.3 is 6.09 Å². The smallest absolute Gasteiger partial charge is 0.410 e. The molecule has 2 unspecified atom stereocenters. The number of carbonyl (C=O) groups is 1. The number of nitrogens with one attached hydrogen (secondary N) is 1. The van der Waals surface area contributed by atoms with Gasteiger partial charge in [-0.2, -0.15) is 0 Å². The summed E-state index contributed by atoms with van der Waals surface area (Å²) >= 11 is 1.65. The van der Waals surface area contributed by atoms with Crippen LogP contribution < -0.4 is 5.32 Å². The maximum absolute atomic E-state index is 12.2. The van der Waals surface area contributed by atoms with Gasteiger partial charge in [0.1, 0.15) is 10.6 Å². The van der Waals surface area contributed by atoms with Crippen molar-refractivity contribution in [3.8, 4) is 0 Å². The summed E-state index contributed by atoms with van der Waals surface area (Å²) in [6.07, 6.45) is 2.68. The van der Waals surface area contributed by atoms with Crippen molar-refractivity contribution in [1.29, 1.82) is 0 Å².